The van der Waals surface area contributed by atoms with Crippen molar-refractivity contribution in [1.29, 1.82) is 0 Å². The smallest absolute Gasteiger partial charge is 0.320 e. The third-order valence-electron chi connectivity index (χ3n) is 10.2. The van der Waals surface area contributed by atoms with Gasteiger partial charge in [-0.3, -0.25) is 9.72 Å². The topological polar surface area (TPSA) is 105 Å². The molecule has 4 heterocycles. The fraction of sp³-hybridized carbons (Fsp3) is 0.450. The summed E-state index contributed by atoms with van der Waals surface area (Å²) >= 11 is 0. The molecular weight excluding hydrogens is 639 g/mol. The van der Waals surface area contributed by atoms with Crippen molar-refractivity contribution >= 4 is 23.4 Å². The lowest BCUT2D eigenvalue weighted by atomic mass is 9.85. The van der Waals surface area contributed by atoms with Crippen molar-refractivity contribution in [3.8, 4) is 11.4 Å². The fourth-order valence-corrected chi connectivity index (χ4v) is 7.25. The molecule has 5 aromatic rings. The SMILES string of the molecule is CC1CCCCN1c1nnc2ccc(O[C@@H]3CC[C@H](NC(=O)Nc4cc(C(C)(C)C)nn4-c4cccc(CCN(C)C)c4)c4ccccc43)cn12. The van der Waals surface area contributed by atoms with Crippen LogP contribution in [0.2, 0.25) is 0 Å². The number of piperidine rings is 1. The number of amides is 2. The Morgan fingerprint density at radius 1 is 0.961 bits per heavy atom. The van der Waals surface area contributed by atoms with Gasteiger partial charge < -0.3 is 19.9 Å². The Morgan fingerprint density at radius 2 is 1.78 bits per heavy atom. The molecule has 1 aliphatic heterocycles. The van der Waals surface area contributed by atoms with E-state index in [1.165, 1.54) is 12.0 Å². The molecule has 1 saturated heterocycles. The molecule has 3 aromatic heterocycles. The van der Waals surface area contributed by atoms with Crippen LogP contribution >= 0.6 is 0 Å². The zero-order valence-corrected chi connectivity index (χ0v) is 30.8. The summed E-state index contributed by atoms with van der Waals surface area (Å²) in [4.78, 5) is 18.2. The average molecular weight is 690 g/mol. The van der Waals surface area contributed by atoms with E-state index in [9.17, 15) is 4.79 Å². The van der Waals surface area contributed by atoms with Gasteiger partial charge in [0.1, 0.15) is 17.7 Å². The Labute approximate surface area is 301 Å². The first-order chi connectivity index (χ1) is 24.5. The molecular formula is C40H51N9O2. The van der Waals surface area contributed by atoms with Gasteiger partial charge >= 0.3 is 6.03 Å². The van der Waals surface area contributed by atoms with Crippen molar-refractivity contribution in [2.75, 3.05) is 37.4 Å². The third kappa shape index (κ3) is 7.58. The van der Waals surface area contributed by atoms with Crippen molar-refractivity contribution in [2.24, 2.45) is 0 Å². The average Bonchev–Trinajstić information content (AvgIpc) is 3.73. The Hall–Kier alpha value is -4.90. The lowest BCUT2D eigenvalue weighted by Gasteiger charge is -2.33. The molecule has 11 heteroatoms. The molecule has 7 rings (SSSR count). The molecule has 51 heavy (non-hydrogen) atoms. The van der Waals surface area contributed by atoms with Crippen molar-refractivity contribution in [3.05, 3.63) is 95.3 Å². The van der Waals surface area contributed by atoms with Crippen molar-refractivity contribution < 1.29 is 9.53 Å². The van der Waals surface area contributed by atoms with E-state index in [1.807, 2.05) is 47.3 Å². The molecule has 1 unspecified atom stereocenters. The van der Waals surface area contributed by atoms with Crippen LogP contribution in [0, 0.1) is 0 Å². The highest BCUT2D eigenvalue weighted by Crippen LogP contribution is 2.39. The van der Waals surface area contributed by atoms with Crippen LogP contribution in [0.3, 0.4) is 0 Å². The zero-order chi connectivity index (χ0) is 35.7. The minimum absolute atomic E-state index is 0.149. The van der Waals surface area contributed by atoms with Gasteiger partial charge in [0.25, 0.3) is 0 Å². The van der Waals surface area contributed by atoms with Gasteiger partial charge in [-0.05, 0) is 100 Å². The van der Waals surface area contributed by atoms with Gasteiger partial charge in [-0.1, -0.05) is 57.2 Å². The number of nitrogens with zero attached hydrogens (tertiary/aromatic N) is 7. The van der Waals surface area contributed by atoms with E-state index in [2.05, 4.69) is 107 Å². The summed E-state index contributed by atoms with van der Waals surface area (Å²) in [6.45, 7) is 10.6. The molecule has 2 N–H and O–H groups in total. The normalized spacial score (nSPS) is 19.3. The predicted molar refractivity (Wildman–Crippen MR) is 202 cm³/mol. The summed E-state index contributed by atoms with van der Waals surface area (Å²) in [6, 6.07) is 22.6. The first-order valence-electron chi connectivity index (χ1n) is 18.3. The maximum absolute atomic E-state index is 13.7. The minimum Gasteiger partial charge on any atom is -0.484 e. The maximum atomic E-state index is 13.7. The first kappa shape index (κ1) is 34.5. The Balaban J connectivity index is 1.08. The molecule has 268 valence electrons. The number of rotatable bonds is 9. The Kier molecular flexibility index (Phi) is 9.74. The van der Waals surface area contributed by atoms with Gasteiger partial charge in [-0.25, -0.2) is 9.48 Å². The van der Waals surface area contributed by atoms with E-state index in [4.69, 9.17) is 9.84 Å². The number of nitrogens with one attached hydrogen (secondary N) is 2. The standard InChI is InChI=1S/C40H51N9O2/c1-27-12-9-10-22-47(27)39-44-43-36-20-17-30(26-48(36)39)51-34-19-18-33(31-15-7-8-16-32(31)34)41-38(50)42-37-25-35(40(2,3)4)45-49(37)29-14-11-13-28(24-29)21-23-46(5)6/h7-8,11,13-17,20,24-27,33-34H,9-10,12,18-19,21-23H2,1-6H3,(H2,41,42,50)/t27?,33-,34+/m0/s1. The van der Waals surface area contributed by atoms with E-state index in [-0.39, 0.29) is 23.6 Å². The quantitative estimate of drug-likeness (QED) is 0.165. The number of likely N-dealkylation sites (N-methyl/N-ethyl adjacent to an activating group) is 1. The molecule has 1 aliphatic carbocycles. The van der Waals surface area contributed by atoms with Gasteiger partial charge in [0, 0.05) is 30.6 Å². The Morgan fingerprint density at radius 3 is 2.57 bits per heavy atom. The van der Waals surface area contributed by atoms with E-state index >= 15 is 0 Å². The monoisotopic (exact) mass is 689 g/mol. The number of hydrogen-bond acceptors (Lipinski definition) is 7. The number of fused-ring (bicyclic) bond motifs is 2. The largest absolute Gasteiger partial charge is 0.484 e. The molecule has 0 saturated carbocycles. The van der Waals surface area contributed by atoms with Gasteiger partial charge in [0.15, 0.2) is 5.65 Å². The molecule has 2 aliphatic rings. The predicted octanol–water partition coefficient (Wildman–Crippen LogP) is 7.47. The van der Waals surface area contributed by atoms with Crippen molar-refractivity contribution in [1.82, 2.24) is 34.6 Å². The van der Waals surface area contributed by atoms with Gasteiger partial charge in [0.2, 0.25) is 5.95 Å². The second-order valence-corrected chi connectivity index (χ2v) is 15.4. The summed E-state index contributed by atoms with van der Waals surface area (Å²) in [5.41, 5.74) is 5.81. The number of hydrogen-bond donors (Lipinski definition) is 2. The van der Waals surface area contributed by atoms with E-state index in [1.54, 1.807) is 0 Å². The van der Waals surface area contributed by atoms with Gasteiger partial charge in [-0.15, -0.1) is 10.2 Å². The summed E-state index contributed by atoms with van der Waals surface area (Å²) in [6.07, 6.45) is 7.85. The molecule has 2 amide bonds. The molecule has 0 radical (unpaired) electrons. The minimum atomic E-state index is -0.267. The van der Waals surface area contributed by atoms with Gasteiger partial charge in [0.05, 0.1) is 23.6 Å². The second kappa shape index (κ2) is 14.4. The lowest BCUT2D eigenvalue weighted by molar-refractivity contribution is 0.171. The Bertz CT molecular complexity index is 1990. The maximum Gasteiger partial charge on any atom is 0.320 e. The number of aromatic nitrogens is 5. The van der Waals surface area contributed by atoms with E-state index in [0.717, 1.165) is 85.0 Å². The van der Waals surface area contributed by atoms with E-state index in [0.29, 0.717) is 11.9 Å². The van der Waals surface area contributed by atoms with Crippen LogP contribution in [0.4, 0.5) is 16.6 Å². The number of carbonyl (C=O) groups is 1. The zero-order valence-electron chi connectivity index (χ0n) is 30.8. The fourth-order valence-electron chi connectivity index (χ4n) is 7.25. The van der Waals surface area contributed by atoms with Crippen LogP contribution < -0.4 is 20.3 Å². The van der Waals surface area contributed by atoms with Gasteiger partial charge in [-0.2, -0.15) is 5.10 Å². The summed E-state index contributed by atoms with van der Waals surface area (Å²) < 4.78 is 10.6. The number of carbonyl (C=O) groups excluding carboxylic acids is 1. The summed E-state index contributed by atoms with van der Waals surface area (Å²) in [5.74, 6) is 2.27. The van der Waals surface area contributed by atoms with E-state index < -0.39 is 0 Å². The number of pyridine rings is 1. The van der Waals surface area contributed by atoms with Crippen LogP contribution in [0.25, 0.3) is 11.3 Å². The number of benzene rings is 2. The molecule has 0 bridgehead atoms. The molecule has 1 fully saturated rings. The highest BCUT2D eigenvalue weighted by molar-refractivity contribution is 5.89. The van der Waals surface area contributed by atoms with Crippen molar-refractivity contribution in [2.45, 2.75) is 89.8 Å². The number of urea groups is 1. The third-order valence-corrected chi connectivity index (χ3v) is 10.2. The highest BCUT2D eigenvalue weighted by Gasteiger charge is 2.31. The summed E-state index contributed by atoms with van der Waals surface area (Å²) in [7, 11) is 4.16. The molecule has 2 aromatic carbocycles. The molecule has 3 atom stereocenters. The second-order valence-electron chi connectivity index (χ2n) is 15.4. The number of ether oxygens (including phenoxy) is 1. The summed E-state index contributed by atoms with van der Waals surface area (Å²) in [5, 5.41) is 20.3. The van der Waals surface area contributed by atoms with Crippen LogP contribution in [0.15, 0.2) is 72.9 Å². The molecule has 11 nitrogen and oxygen atoms in total. The van der Waals surface area contributed by atoms with Crippen LogP contribution in [-0.2, 0) is 11.8 Å². The number of anilines is 2. The molecule has 0 spiro atoms. The van der Waals surface area contributed by atoms with Crippen LogP contribution in [0.5, 0.6) is 5.75 Å². The van der Waals surface area contributed by atoms with Crippen LogP contribution in [0.1, 0.15) is 94.3 Å². The first-order valence-corrected chi connectivity index (χ1v) is 18.3. The van der Waals surface area contributed by atoms with Crippen LogP contribution in [-0.4, -0.2) is 68.5 Å². The lowest BCUT2D eigenvalue weighted by Crippen LogP contribution is -2.38. The van der Waals surface area contributed by atoms with Crippen molar-refractivity contribution in [3.63, 3.8) is 0 Å². The highest BCUT2D eigenvalue weighted by atomic mass is 16.5.